The van der Waals surface area contributed by atoms with Crippen LogP contribution in [0.4, 0.5) is 0 Å². The van der Waals surface area contributed by atoms with E-state index in [1.165, 1.54) is 25.7 Å². The minimum Gasteiger partial charge on any atom is -0.378 e. The van der Waals surface area contributed by atoms with E-state index in [0.29, 0.717) is 12.0 Å². The second kappa shape index (κ2) is 4.00. The predicted molar refractivity (Wildman–Crippen MR) is 60.0 cm³/mol. The van der Waals surface area contributed by atoms with Crippen molar-refractivity contribution in [3.05, 3.63) is 0 Å². The van der Waals surface area contributed by atoms with Crippen LogP contribution in [0.15, 0.2) is 0 Å². The van der Waals surface area contributed by atoms with Gasteiger partial charge in [-0.05, 0) is 37.0 Å². The summed E-state index contributed by atoms with van der Waals surface area (Å²) in [6.45, 7) is 2.90. The minimum absolute atomic E-state index is 0.117. The van der Waals surface area contributed by atoms with E-state index in [0.717, 1.165) is 25.6 Å². The van der Waals surface area contributed by atoms with Crippen LogP contribution in [0.25, 0.3) is 0 Å². The van der Waals surface area contributed by atoms with E-state index in [4.69, 9.17) is 4.74 Å². The third-order valence-electron chi connectivity index (χ3n) is 4.19. The second-order valence-corrected chi connectivity index (χ2v) is 5.44. The molecular formula is C12H20N2O2. The molecule has 16 heavy (non-hydrogen) atoms. The molecule has 3 rings (SSSR count). The Hall–Kier alpha value is -0.610. The maximum absolute atomic E-state index is 11.9. The number of hydrogen-bond acceptors (Lipinski definition) is 3. The van der Waals surface area contributed by atoms with E-state index in [1.54, 1.807) is 0 Å². The molecule has 0 radical (unpaired) electrons. The van der Waals surface area contributed by atoms with Crippen molar-refractivity contribution in [3.8, 4) is 0 Å². The zero-order chi connectivity index (χ0) is 11.0. The molecule has 90 valence electrons. The summed E-state index contributed by atoms with van der Waals surface area (Å²) in [7, 11) is 0. The highest BCUT2D eigenvalue weighted by Gasteiger charge is 2.53. The lowest BCUT2D eigenvalue weighted by molar-refractivity contribution is -0.126. The van der Waals surface area contributed by atoms with Gasteiger partial charge in [0.1, 0.15) is 6.04 Å². The standard InChI is InChI=1S/C12H20N2O2/c15-11(10-7-16-6-5-13-10)14-8-12(3-4-12)9-1-2-9/h9-10,13H,1-8H2,(H,14,15). The van der Waals surface area contributed by atoms with E-state index in [2.05, 4.69) is 10.6 Å². The van der Waals surface area contributed by atoms with Gasteiger partial charge in [0.2, 0.25) is 5.91 Å². The first kappa shape index (κ1) is 10.5. The van der Waals surface area contributed by atoms with Crippen LogP contribution in [0.2, 0.25) is 0 Å². The summed E-state index contributed by atoms with van der Waals surface area (Å²) in [5, 5.41) is 6.28. The molecule has 2 aliphatic carbocycles. The van der Waals surface area contributed by atoms with Gasteiger partial charge in [0.05, 0.1) is 13.2 Å². The van der Waals surface area contributed by atoms with Crippen molar-refractivity contribution in [3.63, 3.8) is 0 Å². The smallest absolute Gasteiger partial charge is 0.239 e. The molecule has 2 N–H and O–H groups in total. The Kier molecular flexibility index (Phi) is 2.64. The van der Waals surface area contributed by atoms with Crippen molar-refractivity contribution in [2.24, 2.45) is 11.3 Å². The third kappa shape index (κ3) is 2.09. The highest BCUT2D eigenvalue weighted by Crippen LogP contribution is 2.60. The Morgan fingerprint density at radius 3 is 2.81 bits per heavy atom. The van der Waals surface area contributed by atoms with Gasteiger partial charge in [-0.1, -0.05) is 0 Å². The van der Waals surface area contributed by atoms with E-state index < -0.39 is 0 Å². The highest BCUT2D eigenvalue weighted by atomic mass is 16.5. The Labute approximate surface area is 96.1 Å². The number of rotatable bonds is 4. The number of amides is 1. The fourth-order valence-corrected chi connectivity index (χ4v) is 2.71. The number of hydrogen-bond donors (Lipinski definition) is 2. The van der Waals surface area contributed by atoms with Crippen molar-refractivity contribution < 1.29 is 9.53 Å². The molecule has 2 saturated carbocycles. The topological polar surface area (TPSA) is 50.4 Å². The van der Waals surface area contributed by atoms with Crippen LogP contribution >= 0.6 is 0 Å². The number of ether oxygens (including phenoxy) is 1. The average Bonchev–Trinajstić information content (AvgIpc) is 3.17. The lowest BCUT2D eigenvalue weighted by Gasteiger charge is -2.24. The quantitative estimate of drug-likeness (QED) is 0.721. The molecular weight excluding hydrogens is 204 g/mol. The molecule has 1 atom stereocenters. The minimum atomic E-state index is -0.135. The summed E-state index contributed by atoms with van der Waals surface area (Å²) >= 11 is 0. The van der Waals surface area contributed by atoms with Gasteiger partial charge in [0.25, 0.3) is 0 Å². The first-order chi connectivity index (χ1) is 7.80. The first-order valence-electron chi connectivity index (χ1n) is 6.39. The molecule has 0 bridgehead atoms. The summed E-state index contributed by atoms with van der Waals surface area (Å²) in [6, 6.07) is -0.135. The van der Waals surface area contributed by atoms with Crippen LogP contribution in [0, 0.1) is 11.3 Å². The van der Waals surface area contributed by atoms with Crippen LogP contribution in [0.5, 0.6) is 0 Å². The average molecular weight is 224 g/mol. The first-order valence-corrected chi connectivity index (χ1v) is 6.39. The van der Waals surface area contributed by atoms with Crippen LogP contribution in [-0.2, 0) is 9.53 Å². The van der Waals surface area contributed by atoms with Gasteiger partial charge in [0.15, 0.2) is 0 Å². The third-order valence-corrected chi connectivity index (χ3v) is 4.19. The predicted octanol–water partition coefficient (Wildman–Crippen LogP) is 0.281. The number of morpholine rings is 1. The normalized spacial score (nSPS) is 32.1. The fraction of sp³-hybridized carbons (Fsp3) is 0.917. The lowest BCUT2D eigenvalue weighted by Crippen LogP contribution is -2.52. The van der Waals surface area contributed by atoms with Crippen molar-refractivity contribution >= 4 is 5.91 Å². The van der Waals surface area contributed by atoms with Crippen molar-refractivity contribution in [1.29, 1.82) is 0 Å². The summed E-state index contributed by atoms with van der Waals surface area (Å²) in [6.07, 6.45) is 5.38. The van der Waals surface area contributed by atoms with Gasteiger partial charge in [-0.2, -0.15) is 0 Å². The molecule has 1 amide bonds. The van der Waals surface area contributed by atoms with Crippen LogP contribution in [0.3, 0.4) is 0 Å². The largest absolute Gasteiger partial charge is 0.378 e. The Bertz CT molecular complexity index is 279. The Morgan fingerprint density at radius 2 is 2.25 bits per heavy atom. The van der Waals surface area contributed by atoms with Gasteiger partial charge < -0.3 is 15.4 Å². The molecule has 3 aliphatic rings. The van der Waals surface area contributed by atoms with Crippen LogP contribution < -0.4 is 10.6 Å². The molecule has 0 spiro atoms. The molecule has 4 heteroatoms. The van der Waals surface area contributed by atoms with Crippen molar-refractivity contribution in [1.82, 2.24) is 10.6 Å². The molecule has 1 unspecified atom stereocenters. The van der Waals surface area contributed by atoms with E-state index >= 15 is 0 Å². The monoisotopic (exact) mass is 224 g/mol. The summed E-state index contributed by atoms with van der Waals surface area (Å²) < 4.78 is 5.29. The summed E-state index contributed by atoms with van der Waals surface area (Å²) in [5.41, 5.74) is 0.491. The van der Waals surface area contributed by atoms with Gasteiger partial charge in [-0.25, -0.2) is 0 Å². The lowest BCUT2D eigenvalue weighted by atomic mass is 10.0. The second-order valence-electron chi connectivity index (χ2n) is 5.44. The van der Waals surface area contributed by atoms with Gasteiger partial charge in [-0.15, -0.1) is 0 Å². The molecule has 0 aromatic rings. The fourth-order valence-electron chi connectivity index (χ4n) is 2.71. The molecule has 0 aromatic carbocycles. The van der Waals surface area contributed by atoms with Gasteiger partial charge in [-0.3, -0.25) is 4.79 Å². The molecule has 1 heterocycles. The number of carbonyl (C=O) groups is 1. The van der Waals surface area contributed by atoms with Gasteiger partial charge in [0, 0.05) is 13.1 Å². The summed E-state index contributed by atoms with van der Waals surface area (Å²) in [5.74, 6) is 1.02. The zero-order valence-corrected chi connectivity index (χ0v) is 9.63. The Morgan fingerprint density at radius 1 is 1.44 bits per heavy atom. The van der Waals surface area contributed by atoms with Crippen LogP contribution in [0.1, 0.15) is 25.7 Å². The zero-order valence-electron chi connectivity index (χ0n) is 9.63. The van der Waals surface area contributed by atoms with Crippen LogP contribution in [-0.4, -0.2) is 38.3 Å². The van der Waals surface area contributed by atoms with Gasteiger partial charge >= 0.3 is 0 Å². The highest BCUT2D eigenvalue weighted by molar-refractivity contribution is 5.82. The number of nitrogens with one attached hydrogen (secondary N) is 2. The molecule has 1 saturated heterocycles. The maximum Gasteiger partial charge on any atom is 0.239 e. The maximum atomic E-state index is 11.9. The van der Waals surface area contributed by atoms with E-state index in [-0.39, 0.29) is 11.9 Å². The van der Waals surface area contributed by atoms with Crippen molar-refractivity contribution in [2.75, 3.05) is 26.3 Å². The van der Waals surface area contributed by atoms with E-state index in [9.17, 15) is 4.79 Å². The Balaban J connectivity index is 1.45. The SMILES string of the molecule is O=C(NCC1(C2CC2)CC1)C1COCCN1. The summed E-state index contributed by atoms with van der Waals surface area (Å²) in [4.78, 5) is 11.9. The number of carbonyl (C=O) groups excluding carboxylic acids is 1. The van der Waals surface area contributed by atoms with E-state index in [1.807, 2.05) is 0 Å². The van der Waals surface area contributed by atoms with Crippen molar-refractivity contribution in [2.45, 2.75) is 31.7 Å². The molecule has 3 fully saturated rings. The molecule has 0 aromatic heterocycles. The molecule has 1 aliphatic heterocycles. The molecule has 4 nitrogen and oxygen atoms in total.